The van der Waals surface area contributed by atoms with Crippen LogP contribution in [0.5, 0.6) is 0 Å². The van der Waals surface area contributed by atoms with Crippen LogP contribution in [0, 0.1) is 0 Å². The fourth-order valence-corrected chi connectivity index (χ4v) is 2.98. The first kappa shape index (κ1) is 15.6. The van der Waals surface area contributed by atoms with E-state index in [0.29, 0.717) is 0 Å². The lowest BCUT2D eigenvalue weighted by molar-refractivity contribution is 0.0746. The van der Waals surface area contributed by atoms with Crippen LogP contribution >= 0.6 is 27.7 Å². The van der Waals surface area contributed by atoms with Crippen LogP contribution in [0.25, 0.3) is 0 Å². The van der Waals surface area contributed by atoms with E-state index < -0.39 is 0 Å². The summed E-state index contributed by atoms with van der Waals surface area (Å²) in [6.45, 7) is 5.07. The average molecular weight is 333 g/mol. The molecule has 0 radical (unpaired) electrons. The number of hydrogen-bond acceptors (Lipinski definition) is 2. The molecule has 0 aliphatic rings. The van der Waals surface area contributed by atoms with E-state index in [-0.39, 0.29) is 11.9 Å². The number of halogens is 1. The molecule has 0 saturated heterocycles. The predicted octanol–water partition coefficient (Wildman–Crippen LogP) is 3.48. The van der Waals surface area contributed by atoms with Crippen molar-refractivity contribution in [3.8, 4) is 0 Å². The average Bonchev–Trinajstić information content (AvgIpc) is 2.69. The smallest absolute Gasteiger partial charge is 0.270 e. The van der Waals surface area contributed by atoms with Gasteiger partial charge in [0.25, 0.3) is 5.91 Å². The molecular weight excluding hydrogens is 312 g/mol. The Hall–Kier alpha value is -0.420. The molecule has 0 bridgehead atoms. The van der Waals surface area contributed by atoms with Crippen LogP contribution in [0.4, 0.5) is 0 Å². The summed E-state index contributed by atoms with van der Waals surface area (Å²) in [5.41, 5.74) is 0.763. The molecule has 0 N–H and O–H groups in total. The Morgan fingerprint density at radius 3 is 2.83 bits per heavy atom. The second kappa shape index (κ2) is 7.24. The topological polar surface area (TPSA) is 25.2 Å². The summed E-state index contributed by atoms with van der Waals surface area (Å²) >= 11 is 5.20. The van der Waals surface area contributed by atoms with Gasteiger partial charge >= 0.3 is 0 Å². The van der Waals surface area contributed by atoms with Crippen molar-refractivity contribution in [2.75, 3.05) is 19.1 Å². The Kier molecular flexibility index (Phi) is 6.29. The van der Waals surface area contributed by atoms with Gasteiger partial charge in [0, 0.05) is 36.1 Å². The molecule has 1 heterocycles. The van der Waals surface area contributed by atoms with Crippen molar-refractivity contribution in [1.82, 2.24) is 9.47 Å². The molecule has 1 aromatic rings. The Labute approximate surface area is 122 Å². The maximum Gasteiger partial charge on any atom is 0.270 e. The number of rotatable bonds is 6. The molecule has 0 saturated carbocycles. The van der Waals surface area contributed by atoms with Crippen LogP contribution in [0.15, 0.2) is 16.7 Å². The van der Waals surface area contributed by atoms with Gasteiger partial charge in [0.2, 0.25) is 0 Å². The van der Waals surface area contributed by atoms with Crippen LogP contribution in [-0.4, -0.2) is 40.5 Å². The number of thioether (sulfide) groups is 1. The van der Waals surface area contributed by atoms with Gasteiger partial charge in [0.1, 0.15) is 5.69 Å². The van der Waals surface area contributed by atoms with E-state index in [1.54, 1.807) is 11.8 Å². The van der Waals surface area contributed by atoms with Gasteiger partial charge in [-0.05, 0) is 41.6 Å². The molecule has 1 unspecified atom stereocenters. The molecule has 1 atom stereocenters. The predicted molar refractivity (Wildman–Crippen MR) is 82.4 cm³/mol. The lowest BCUT2D eigenvalue weighted by atomic mass is 10.3. The number of carbonyl (C=O) groups is 1. The van der Waals surface area contributed by atoms with Gasteiger partial charge in [-0.1, -0.05) is 6.92 Å². The summed E-state index contributed by atoms with van der Waals surface area (Å²) in [6, 6.07) is 2.15. The standard InChI is InChI=1S/C13H21BrN2OS/c1-5-6-16-8-11(14)7-12(16)13(17)15(3)10(2)9-18-4/h7-8,10H,5-6,9H2,1-4H3. The van der Waals surface area contributed by atoms with E-state index in [4.69, 9.17) is 0 Å². The van der Waals surface area contributed by atoms with E-state index in [1.807, 2.05) is 28.8 Å². The van der Waals surface area contributed by atoms with Crippen LogP contribution in [0.2, 0.25) is 0 Å². The molecule has 0 aliphatic carbocycles. The Balaban J connectivity index is 2.88. The summed E-state index contributed by atoms with van der Waals surface area (Å²) in [6.07, 6.45) is 5.06. The first-order valence-corrected chi connectivity index (χ1v) is 8.31. The van der Waals surface area contributed by atoms with E-state index in [0.717, 1.165) is 28.9 Å². The minimum Gasteiger partial charge on any atom is -0.342 e. The first-order chi connectivity index (χ1) is 8.51. The van der Waals surface area contributed by atoms with Crippen molar-refractivity contribution in [2.24, 2.45) is 0 Å². The van der Waals surface area contributed by atoms with E-state index in [1.165, 1.54) is 0 Å². The van der Waals surface area contributed by atoms with Crippen molar-refractivity contribution < 1.29 is 4.79 Å². The third-order valence-electron chi connectivity index (χ3n) is 2.94. The molecular formula is C13H21BrN2OS. The number of hydrogen-bond donors (Lipinski definition) is 0. The van der Waals surface area contributed by atoms with E-state index in [2.05, 4.69) is 36.0 Å². The van der Waals surface area contributed by atoms with E-state index in [9.17, 15) is 4.79 Å². The van der Waals surface area contributed by atoms with Crippen LogP contribution in [0.1, 0.15) is 30.8 Å². The van der Waals surface area contributed by atoms with Crippen LogP contribution in [0.3, 0.4) is 0 Å². The van der Waals surface area contributed by atoms with E-state index >= 15 is 0 Å². The number of aryl methyl sites for hydroxylation is 1. The zero-order valence-electron chi connectivity index (χ0n) is 11.4. The second-order valence-corrected chi connectivity index (χ2v) is 6.28. The molecule has 18 heavy (non-hydrogen) atoms. The van der Waals surface area contributed by atoms with Crippen molar-refractivity contribution in [1.29, 1.82) is 0 Å². The summed E-state index contributed by atoms with van der Waals surface area (Å²) in [5, 5.41) is 0. The summed E-state index contributed by atoms with van der Waals surface area (Å²) < 4.78 is 2.99. The summed E-state index contributed by atoms with van der Waals surface area (Å²) in [5.74, 6) is 1.05. The fourth-order valence-electron chi connectivity index (χ4n) is 1.81. The highest BCUT2D eigenvalue weighted by Gasteiger charge is 2.20. The van der Waals surface area contributed by atoms with Gasteiger partial charge in [-0.3, -0.25) is 4.79 Å². The zero-order chi connectivity index (χ0) is 13.7. The highest BCUT2D eigenvalue weighted by Crippen LogP contribution is 2.18. The lowest BCUT2D eigenvalue weighted by Gasteiger charge is -2.24. The lowest BCUT2D eigenvalue weighted by Crippen LogP contribution is -2.37. The minimum absolute atomic E-state index is 0.0932. The quantitative estimate of drug-likeness (QED) is 0.796. The summed E-state index contributed by atoms with van der Waals surface area (Å²) in [7, 11) is 1.88. The molecule has 1 aromatic heterocycles. The third kappa shape index (κ3) is 3.79. The Bertz CT molecular complexity index is 406. The van der Waals surface area contributed by atoms with Crippen molar-refractivity contribution in [2.45, 2.75) is 32.9 Å². The number of amides is 1. The van der Waals surface area contributed by atoms with Crippen molar-refractivity contribution >= 4 is 33.6 Å². The summed E-state index contributed by atoms with van der Waals surface area (Å²) in [4.78, 5) is 14.3. The molecule has 0 aromatic carbocycles. The maximum absolute atomic E-state index is 12.4. The largest absolute Gasteiger partial charge is 0.342 e. The highest BCUT2D eigenvalue weighted by molar-refractivity contribution is 9.10. The Morgan fingerprint density at radius 2 is 2.28 bits per heavy atom. The molecule has 0 aliphatic heterocycles. The molecule has 1 rings (SSSR count). The third-order valence-corrected chi connectivity index (χ3v) is 4.19. The Morgan fingerprint density at radius 1 is 1.61 bits per heavy atom. The normalized spacial score (nSPS) is 12.5. The SMILES string of the molecule is CCCn1cc(Br)cc1C(=O)N(C)C(C)CSC. The molecule has 3 nitrogen and oxygen atoms in total. The van der Waals surface area contributed by atoms with Gasteiger partial charge in [-0.2, -0.15) is 11.8 Å². The van der Waals surface area contributed by atoms with Crippen LogP contribution in [-0.2, 0) is 6.54 Å². The van der Waals surface area contributed by atoms with Crippen molar-refractivity contribution in [3.05, 3.63) is 22.4 Å². The van der Waals surface area contributed by atoms with Crippen LogP contribution < -0.4 is 0 Å². The van der Waals surface area contributed by atoms with Gasteiger partial charge in [-0.25, -0.2) is 0 Å². The molecule has 102 valence electrons. The molecule has 1 amide bonds. The number of nitrogens with zero attached hydrogens (tertiary/aromatic N) is 2. The van der Waals surface area contributed by atoms with Gasteiger partial charge in [-0.15, -0.1) is 0 Å². The van der Waals surface area contributed by atoms with Crippen molar-refractivity contribution in [3.63, 3.8) is 0 Å². The first-order valence-electron chi connectivity index (χ1n) is 6.13. The molecule has 5 heteroatoms. The molecule has 0 fully saturated rings. The van der Waals surface area contributed by atoms with Gasteiger partial charge < -0.3 is 9.47 Å². The molecule has 0 spiro atoms. The monoisotopic (exact) mass is 332 g/mol. The fraction of sp³-hybridized carbons (Fsp3) is 0.615. The zero-order valence-corrected chi connectivity index (χ0v) is 13.8. The highest BCUT2D eigenvalue weighted by atomic mass is 79.9. The minimum atomic E-state index is 0.0932. The second-order valence-electron chi connectivity index (χ2n) is 4.46. The number of carbonyl (C=O) groups excluding carboxylic acids is 1. The maximum atomic E-state index is 12.4. The van der Waals surface area contributed by atoms with Gasteiger partial charge in [0.15, 0.2) is 0 Å². The number of aromatic nitrogens is 1. The van der Waals surface area contributed by atoms with Gasteiger partial charge in [0.05, 0.1) is 0 Å².